The van der Waals surface area contributed by atoms with Crippen molar-refractivity contribution in [3.05, 3.63) is 15.9 Å². The maximum Gasteiger partial charge on any atom is 0.0766 e. The molecule has 0 aromatic carbocycles. The van der Waals surface area contributed by atoms with E-state index in [2.05, 4.69) is 58.8 Å². The molecule has 0 bridgehead atoms. The standard InChI is InChI=1S/C15H26BrN3/c1-5-13-15(16)14(19(4)18-13)8-11-6-7-12(11)9-17-10(2)3/h10-12,17H,5-9H2,1-4H3. The lowest BCUT2D eigenvalue weighted by Gasteiger charge is -2.37. The Balaban J connectivity index is 1.96. The minimum Gasteiger partial charge on any atom is -0.314 e. The highest BCUT2D eigenvalue weighted by Crippen LogP contribution is 2.38. The highest BCUT2D eigenvalue weighted by Gasteiger charge is 2.32. The van der Waals surface area contributed by atoms with Crippen LogP contribution in [0.1, 0.15) is 45.0 Å². The quantitative estimate of drug-likeness (QED) is 0.868. The monoisotopic (exact) mass is 327 g/mol. The van der Waals surface area contributed by atoms with E-state index in [1.807, 2.05) is 0 Å². The fourth-order valence-corrected chi connectivity index (χ4v) is 3.63. The molecule has 1 heterocycles. The first kappa shape index (κ1) is 15.0. The summed E-state index contributed by atoms with van der Waals surface area (Å²) in [5.74, 6) is 1.66. The van der Waals surface area contributed by atoms with Crippen LogP contribution in [-0.4, -0.2) is 22.4 Å². The zero-order valence-electron chi connectivity index (χ0n) is 12.5. The van der Waals surface area contributed by atoms with Crippen molar-refractivity contribution in [3.8, 4) is 0 Å². The largest absolute Gasteiger partial charge is 0.314 e. The lowest BCUT2D eigenvalue weighted by molar-refractivity contribution is 0.165. The summed E-state index contributed by atoms with van der Waals surface area (Å²) in [5, 5.41) is 8.17. The highest BCUT2D eigenvalue weighted by atomic mass is 79.9. The van der Waals surface area contributed by atoms with Gasteiger partial charge < -0.3 is 5.32 Å². The summed E-state index contributed by atoms with van der Waals surface area (Å²) >= 11 is 3.73. The Hall–Kier alpha value is -0.350. The molecule has 1 aliphatic rings. The highest BCUT2D eigenvalue weighted by molar-refractivity contribution is 9.10. The average Bonchev–Trinajstić information content (AvgIpc) is 2.60. The Kier molecular flexibility index (Phi) is 5.07. The van der Waals surface area contributed by atoms with Crippen molar-refractivity contribution >= 4 is 15.9 Å². The zero-order chi connectivity index (χ0) is 14.0. The molecule has 4 heteroatoms. The minimum absolute atomic E-state index is 0.594. The lowest BCUT2D eigenvalue weighted by Crippen LogP contribution is -2.39. The van der Waals surface area contributed by atoms with Gasteiger partial charge in [-0.3, -0.25) is 4.68 Å². The second-order valence-corrected chi connectivity index (χ2v) is 6.84. The summed E-state index contributed by atoms with van der Waals surface area (Å²) < 4.78 is 3.30. The smallest absolute Gasteiger partial charge is 0.0766 e. The summed E-state index contributed by atoms with van der Waals surface area (Å²) in [6, 6.07) is 0.594. The fraction of sp³-hybridized carbons (Fsp3) is 0.800. The zero-order valence-corrected chi connectivity index (χ0v) is 14.1. The third kappa shape index (κ3) is 3.40. The Morgan fingerprint density at radius 3 is 2.53 bits per heavy atom. The minimum atomic E-state index is 0.594. The normalized spacial score (nSPS) is 22.8. The van der Waals surface area contributed by atoms with E-state index in [0.29, 0.717) is 6.04 Å². The predicted octanol–water partition coefficient (Wildman–Crippen LogP) is 3.31. The van der Waals surface area contributed by atoms with Gasteiger partial charge in [0.15, 0.2) is 0 Å². The van der Waals surface area contributed by atoms with Crippen LogP contribution in [0.3, 0.4) is 0 Å². The van der Waals surface area contributed by atoms with Gasteiger partial charge in [0.1, 0.15) is 0 Å². The average molecular weight is 328 g/mol. The van der Waals surface area contributed by atoms with Gasteiger partial charge in [0.05, 0.1) is 15.9 Å². The molecule has 1 fully saturated rings. The van der Waals surface area contributed by atoms with Crippen LogP contribution in [-0.2, 0) is 19.9 Å². The van der Waals surface area contributed by atoms with Gasteiger partial charge in [-0.1, -0.05) is 20.8 Å². The van der Waals surface area contributed by atoms with E-state index in [9.17, 15) is 0 Å². The van der Waals surface area contributed by atoms with Crippen LogP contribution < -0.4 is 5.32 Å². The van der Waals surface area contributed by atoms with E-state index in [0.717, 1.165) is 24.7 Å². The lowest BCUT2D eigenvalue weighted by atomic mass is 9.71. The number of nitrogens with one attached hydrogen (secondary N) is 1. The van der Waals surface area contributed by atoms with Crippen LogP contribution in [0.5, 0.6) is 0 Å². The topological polar surface area (TPSA) is 29.9 Å². The summed E-state index contributed by atoms with van der Waals surface area (Å²) in [6.07, 6.45) is 4.90. The Bertz CT molecular complexity index is 425. The van der Waals surface area contributed by atoms with E-state index < -0.39 is 0 Å². The number of hydrogen-bond acceptors (Lipinski definition) is 2. The summed E-state index contributed by atoms with van der Waals surface area (Å²) in [7, 11) is 2.07. The molecule has 3 nitrogen and oxygen atoms in total. The summed E-state index contributed by atoms with van der Waals surface area (Å²) in [5.41, 5.74) is 2.56. The van der Waals surface area contributed by atoms with Crippen LogP contribution in [0.15, 0.2) is 4.47 Å². The van der Waals surface area contributed by atoms with Gasteiger partial charge in [-0.25, -0.2) is 0 Å². The molecule has 108 valence electrons. The van der Waals surface area contributed by atoms with Crippen molar-refractivity contribution in [1.82, 2.24) is 15.1 Å². The maximum absolute atomic E-state index is 4.59. The van der Waals surface area contributed by atoms with Crippen molar-refractivity contribution in [2.24, 2.45) is 18.9 Å². The van der Waals surface area contributed by atoms with Gasteiger partial charge in [-0.2, -0.15) is 5.10 Å². The number of nitrogens with zero attached hydrogens (tertiary/aromatic N) is 2. The molecule has 1 N–H and O–H groups in total. The molecule has 1 aliphatic carbocycles. The Labute approximate surface area is 125 Å². The molecule has 0 spiro atoms. The van der Waals surface area contributed by atoms with Crippen molar-refractivity contribution in [3.63, 3.8) is 0 Å². The molecule has 19 heavy (non-hydrogen) atoms. The van der Waals surface area contributed by atoms with Crippen LogP contribution >= 0.6 is 15.9 Å². The van der Waals surface area contributed by atoms with Crippen LogP contribution in [0.4, 0.5) is 0 Å². The van der Waals surface area contributed by atoms with Crippen LogP contribution in [0.2, 0.25) is 0 Å². The first-order valence-electron chi connectivity index (χ1n) is 7.46. The molecule has 1 aromatic heterocycles. The maximum atomic E-state index is 4.59. The van der Waals surface area contributed by atoms with E-state index >= 15 is 0 Å². The summed E-state index contributed by atoms with van der Waals surface area (Å²) in [6.45, 7) is 7.77. The molecule has 2 atom stereocenters. The molecule has 0 radical (unpaired) electrons. The van der Waals surface area contributed by atoms with Gasteiger partial charge >= 0.3 is 0 Å². The Morgan fingerprint density at radius 2 is 2.05 bits per heavy atom. The van der Waals surface area contributed by atoms with Crippen LogP contribution in [0, 0.1) is 11.8 Å². The van der Waals surface area contributed by atoms with E-state index in [-0.39, 0.29) is 0 Å². The number of halogens is 1. The molecular weight excluding hydrogens is 302 g/mol. The SMILES string of the molecule is CCc1nn(C)c(CC2CCC2CNC(C)C)c1Br. The molecule has 2 rings (SSSR count). The third-order valence-electron chi connectivity index (χ3n) is 4.32. The van der Waals surface area contributed by atoms with Crippen LogP contribution in [0.25, 0.3) is 0 Å². The first-order valence-corrected chi connectivity index (χ1v) is 8.25. The molecule has 1 aromatic rings. The second kappa shape index (κ2) is 6.40. The van der Waals surface area contributed by atoms with E-state index in [1.165, 1.54) is 35.2 Å². The summed E-state index contributed by atoms with van der Waals surface area (Å²) in [4.78, 5) is 0. The second-order valence-electron chi connectivity index (χ2n) is 6.05. The van der Waals surface area contributed by atoms with Gasteiger partial charge in [-0.05, 0) is 60.0 Å². The molecular formula is C15H26BrN3. The van der Waals surface area contributed by atoms with Crippen molar-refractivity contribution in [1.29, 1.82) is 0 Å². The Morgan fingerprint density at radius 1 is 1.37 bits per heavy atom. The van der Waals surface area contributed by atoms with Crippen molar-refractivity contribution in [2.75, 3.05) is 6.54 Å². The molecule has 1 saturated carbocycles. The van der Waals surface area contributed by atoms with Crippen molar-refractivity contribution in [2.45, 2.75) is 52.5 Å². The third-order valence-corrected chi connectivity index (χ3v) is 5.24. The van der Waals surface area contributed by atoms with Gasteiger partial charge in [0.2, 0.25) is 0 Å². The number of aryl methyl sites for hydroxylation is 2. The molecule has 2 unspecified atom stereocenters. The molecule has 0 saturated heterocycles. The first-order chi connectivity index (χ1) is 9.02. The van der Waals surface area contributed by atoms with Gasteiger partial charge in [-0.15, -0.1) is 0 Å². The van der Waals surface area contributed by atoms with Crippen molar-refractivity contribution < 1.29 is 0 Å². The number of rotatable bonds is 6. The van der Waals surface area contributed by atoms with E-state index in [1.54, 1.807) is 0 Å². The number of aromatic nitrogens is 2. The van der Waals surface area contributed by atoms with Gasteiger partial charge in [0, 0.05) is 13.1 Å². The predicted molar refractivity (Wildman–Crippen MR) is 83.3 cm³/mol. The number of hydrogen-bond donors (Lipinski definition) is 1. The molecule has 0 aliphatic heterocycles. The fourth-order valence-electron chi connectivity index (χ4n) is 2.85. The van der Waals surface area contributed by atoms with Gasteiger partial charge in [0.25, 0.3) is 0 Å². The van der Waals surface area contributed by atoms with E-state index in [4.69, 9.17) is 0 Å². The molecule has 0 amide bonds.